The molecular weight excluding hydrogens is 272 g/mol. The van der Waals surface area contributed by atoms with E-state index in [-0.39, 0.29) is 0 Å². The van der Waals surface area contributed by atoms with Gasteiger partial charge in [-0.15, -0.1) is 0 Å². The molecule has 0 saturated carbocycles. The lowest BCUT2D eigenvalue weighted by Gasteiger charge is -2.15. The summed E-state index contributed by atoms with van der Waals surface area (Å²) in [5.74, 6) is 0.735. The molecule has 0 unspecified atom stereocenters. The molecule has 0 aliphatic carbocycles. The highest BCUT2D eigenvalue weighted by Crippen LogP contribution is 2.34. The third-order valence-electron chi connectivity index (χ3n) is 4.08. The van der Waals surface area contributed by atoms with Gasteiger partial charge in [-0.05, 0) is 40.5 Å². The van der Waals surface area contributed by atoms with Crippen LogP contribution in [0.2, 0.25) is 0 Å². The molecule has 0 saturated heterocycles. The van der Waals surface area contributed by atoms with Crippen LogP contribution < -0.4 is 4.74 Å². The molecule has 0 aliphatic heterocycles. The molecule has 2 nitrogen and oxygen atoms in total. The van der Waals surface area contributed by atoms with Crippen LogP contribution in [-0.4, -0.2) is 12.2 Å². The topological polar surface area (TPSA) is 29.5 Å². The Balaban J connectivity index is 2.19. The van der Waals surface area contributed by atoms with Gasteiger partial charge in [-0.1, -0.05) is 55.5 Å². The molecule has 3 rings (SSSR count). The van der Waals surface area contributed by atoms with E-state index >= 15 is 0 Å². The number of hydrogen-bond acceptors (Lipinski definition) is 2. The monoisotopic (exact) mass is 292 g/mol. The molecule has 2 heteroatoms. The second-order valence-electron chi connectivity index (χ2n) is 5.41. The quantitative estimate of drug-likeness (QED) is 0.736. The molecule has 0 aromatic heterocycles. The average molecular weight is 292 g/mol. The second-order valence-corrected chi connectivity index (χ2v) is 5.41. The molecule has 112 valence electrons. The SMILES string of the molecule is CC[C@H](O)c1cc(-c2cccc3ccccc23)ccc1OC. The molecule has 0 radical (unpaired) electrons. The predicted molar refractivity (Wildman–Crippen MR) is 91.2 cm³/mol. The lowest BCUT2D eigenvalue weighted by molar-refractivity contribution is 0.169. The molecule has 1 atom stereocenters. The normalized spacial score (nSPS) is 12.3. The Labute approximate surface area is 131 Å². The van der Waals surface area contributed by atoms with E-state index in [0.29, 0.717) is 6.42 Å². The van der Waals surface area contributed by atoms with Crippen LogP contribution in [0.1, 0.15) is 25.0 Å². The van der Waals surface area contributed by atoms with Gasteiger partial charge in [0.25, 0.3) is 0 Å². The van der Waals surface area contributed by atoms with Crippen LogP contribution in [-0.2, 0) is 0 Å². The number of methoxy groups -OCH3 is 1. The molecule has 1 N–H and O–H groups in total. The van der Waals surface area contributed by atoms with Crippen molar-refractivity contribution in [2.45, 2.75) is 19.4 Å². The maximum absolute atomic E-state index is 10.2. The van der Waals surface area contributed by atoms with Crippen molar-refractivity contribution in [1.29, 1.82) is 0 Å². The van der Waals surface area contributed by atoms with Gasteiger partial charge in [0.1, 0.15) is 5.75 Å². The van der Waals surface area contributed by atoms with Gasteiger partial charge in [0.2, 0.25) is 0 Å². The van der Waals surface area contributed by atoms with Gasteiger partial charge >= 0.3 is 0 Å². The van der Waals surface area contributed by atoms with Crippen molar-refractivity contribution in [2.24, 2.45) is 0 Å². The first-order chi connectivity index (χ1) is 10.7. The summed E-state index contributed by atoms with van der Waals surface area (Å²) in [6.07, 6.45) is 0.153. The van der Waals surface area contributed by atoms with Crippen LogP contribution in [0.15, 0.2) is 60.7 Å². The molecular formula is C20H20O2. The molecule has 0 heterocycles. The van der Waals surface area contributed by atoms with E-state index in [1.807, 2.05) is 31.2 Å². The lowest BCUT2D eigenvalue weighted by atomic mass is 9.95. The molecule has 3 aromatic carbocycles. The highest BCUT2D eigenvalue weighted by molar-refractivity contribution is 5.96. The summed E-state index contributed by atoms with van der Waals surface area (Å²) in [6, 6.07) is 20.7. The van der Waals surface area contributed by atoms with Crippen molar-refractivity contribution in [1.82, 2.24) is 0 Å². The second kappa shape index (κ2) is 6.20. The first kappa shape index (κ1) is 14.6. The Kier molecular flexibility index (Phi) is 4.12. The lowest BCUT2D eigenvalue weighted by Crippen LogP contribution is -1.99. The summed E-state index contributed by atoms with van der Waals surface area (Å²) in [7, 11) is 1.64. The summed E-state index contributed by atoms with van der Waals surface area (Å²) < 4.78 is 5.39. The van der Waals surface area contributed by atoms with Crippen LogP contribution in [0.4, 0.5) is 0 Å². The summed E-state index contributed by atoms with van der Waals surface area (Å²) >= 11 is 0. The Bertz CT molecular complexity index is 787. The minimum Gasteiger partial charge on any atom is -0.496 e. The van der Waals surface area contributed by atoms with E-state index in [2.05, 4.69) is 36.4 Å². The van der Waals surface area contributed by atoms with Gasteiger partial charge in [0.15, 0.2) is 0 Å². The van der Waals surface area contributed by atoms with Gasteiger partial charge in [-0.25, -0.2) is 0 Å². The van der Waals surface area contributed by atoms with Crippen LogP contribution >= 0.6 is 0 Å². The zero-order valence-electron chi connectivity index (χ0n) is 12.9. The van der Waals surface area contributed by atoms with E-state index in [0.717, 1.165) is 16.9 Å². The summed E-state index contributed by atoms with van der Waals surface area (Å²) in [5.41, 5.74) is 3.11. The number of aliphatic hydroxyl groups is 1. The van der Waals surface area contributed by atoms with Gasteiger partial charge in [-0.3, -0.25) is 0 Å². The smallest absolute Gasteiger partial charge is 0.124 e. The average Bonchev–Trinajstić information content (AvgIpc) is 2.60. The largest absolute Gasteiger partial charge is 0.496 e. The van der Waals surface area contributed by atoms with Crippen LogP contribution in [0.5, 0.6) is 5.75 Å². The predicted octanol–water partition coefficient (Wildman–Crippen LogP) is 4.96. The number of ether oxygens (including phenoxy) is 1. The van der Waals surface area contributed by atoms with Crippen molar-refractivity contribution < 1.29 is 9.84 Å². The van der Waals surface area contributed by atoms with E-state index in [4.69, 9.17) is 4.74 Å². The molecule has 0 fully saturated rings. The Morgan fingerprint density at radius 1 is 1.00 bits per heavy atom. The van der Waals surface area contributed by atoms with Crippen LogP contribution in [0.3, 0.4) is 0 Å². The molecule has 0 bridgehead atoms. The number of rotatable bonds is 4. The minimum atomic E-state index is -0.509. The van der Waals surface area contributed by atoms with Crippen molar-refractivity contribution in [3.8, 4) is 16.9 Å². The Hall–Kier alpha value is -2.32. The van der Waals surface area contributed by atoms with Crippen molar-refractivity contribution in [3.63, 3.8) is 0 Å². The first-order valence-electron chi connectivity index (χ1n) is 7.58. The number of aliphatic hydroxyl groups excluding tert-OH is 1. The Morgan fingerprint density at radius 2 is 1.77 bits per heavy atom. The summed E-state index contributed by atoms with van der Waals surface area (Å²) in [5, 5.41) is 12.7. The van der Waals surface area contributed by atoms with E-state index in [1.54, 1.807) is 7.11 Å². The fourth-order valence-corrected chi connectivity index (χ4v) is 2.86. The highest BCUT2D eigenvalue weighted by atomic mass is 16.5. The fourth-order valence-electron chi connectivity index (χ4n) is 2.86. The number of fused-ring (bicyclic) bond motifs is 1. The third-order valence-corrected chi connectivity index (χ3v) is 4.08. The molecule has 0 spiro atoms. The van der Waals surface area contributed by atoms with Crippen molar-refractivity contribution in [2.75, 3.05) is 7.11 Å². The van der Waals surface area contributed by atoms with E-state index in [1.165, 1.54) is 16.3 Å². The van der Waals surface area contributed by atoms with Gasteiger partial charge in [0.05, 0.1) is 13.2 Å². The number of hydrogen-bond donors (Lipinski definition) is 1. The molecule has 0 amide bonds. The van der Waals surface area contributed by atoms with Gasteiger partial charge in [-0.2, -0.15) is 0 Å². The van der Waals surface area contributed by atoms with Crippen molar-refractivity contribution in [3.05, 3.63) is 66.2 Å². The molecule has 22 heavy (non-hydrogen) atoms. The van der Waals surface area contributed by atoms with Crippen LogP contribution in [0, 0.1) is 0 Å². The minimum absolute atomic E-state index is 0.509. The standard InChI is InChI=1S/C20H20O2/c1-3-19(21)18-13-15(11-12-20(18)22-2)17-10-6-8-14-7-4-5-9-16(14)17/h4-13,19,21H,3H2,1-2H3/t19-/m0/s1. The molecule has 0 aliphatic rings. The van der Waals surface area contributed by atoms with Crippen LogP contribution in [0.25, 0.3) is 21.9 Å². The zero-order chi connectivity index (χ0) is 15.5. The molecule has 3 aromatic rings. The van der Waals surface area contributed by atoms with Gasteiger partial charge in [0, 0.05) is 5.56 Å². The maximum Gasteiger partial charge on any atom is 0.124 e. The first-order valence-corrected chi connectivity index (χ1v) is 7.58. The third kappa shape index (κ3) is 2.58. The summed E-state index contributed by atoms with van der Waals surface area (Å²) in [6.45, 7) is 1.97. The van der Waals surface area contributed by atoms with Crippen molar-refractivity contribution >= 4 is 10.8 Å². The summed E-state index contributed by atoms with van der Waals surface area (Å²) in [4.78, 5) is 0. The zero-order valence-corrected chi connectivity index (χ0v) is 12.9. The van der Waals surface area contributed by atoms with Gasteiger partial charge < -0.3 is 9.84 Å². The highest BCUT2D eigenvalue weighted by Gasteiger charge is 2.13. The maximum atomic E-state index is 10.2. The number of benzene rings is 3. The Morgan fingerprint density at radius 3 is 2.55 bits per heavy atom. The van der Waals surface area contributed by atoms with E-state index < -0.39 is 6.10 Å². The fraction of sp³-hybridized carbons (Fsp3) is 0.200. The van der Waals surface area contributed by atoms with E-state index in [9.17, 15) is 5.11 Å².